The van der Waals surface area contributed by atoms with Gasteiger partial charge in [-0.3, -0.25) is 10.1 Å². The third-order valence-corrected chi connectivity index (χ3v) is 3.53. The van der Waals surface area contributed by atoms with Gasteiger partial charge in [0.25, 0.3) is 5.69 Å². The summed E-state index contributed by atoms with van der Waals surface area (Å²) in [4.78, 5) is 11.0. The molecule has 0 aromatic heterocycles. The lowest BCUT2D eigenvalue weighted by Crippen LogP contribution is -1.93. The predicted octanol–water partition coefficient (Wildman–Crippen LogP) is 4.07. The van der Waals surface area contributed by atoms with E-state index in [9.17, 15) is 18.9 Å². The number of rotatable bonds is 4. The summed E-state index contributed by atoms with van der Waals surface area (Å²) in [5.74, 6) is -1.37. The van der Waals surface area contributed by atoms with Crippen LogP contribution >= 0.6 is 11.8 Å². The Hall–Kier alpha value is -2.15. The summed E-state index contributed by atoms with van der Waals surface area (Å²) in [6.07, 6.45) is 0. The van der Waals surface area contributed by atoms with E-state index in [1.807, 2.05) is 0 Å². The van der Waals surface area contributed by atoms with Crippen molar-refractivity contribution >= 4 is 23.1 Å². The van der Waals surface area contributed by atoms with Gasteiger partial charge < -0.3 is 5.32 Å². The number of benzene rings is 2. The van der Waals surface area contributed by atoms with Crippen molar-refractivity contribution in [3.8, 4) is 0 Å². The predicted molar refractivity (Wildman–Crippen MR) is 73.1 cm³/mol. The minimum absolute atomic E-state index is 0.0955. The summed E-state index contributed by atoms with van der Waals surface area (Å²) in [7, 11) is 1.63. The molecule has 0 unspecified atom stereocenters. The summed E-state index contributed by atoms with van der Waals surface area (Å²) in [5, 5.41) is 13.6. The number of nitrogens with zero attached hydrogens (tertiary/aromatic N) is 1. The van der Waals surface area contributed by atoms with Crippen LogP contribution in [0.25, 0.3) is 0 Å². The Balaban J connectivity index is 2.37. The van der Waals surface area contributed by atoms with Crippen molar-refractivity contribution < 1.29 is 13.7 Å². The monoisotopic (exact) mass is 296 g/mol. The van der Waals surface area contributed by atoms with Crippen LogP contribution in [0.4, 0.5) is 20.2 Å². The molecule has 104 valence electrons. The zero-order chi connectivity index (χ0) is 14.7. The Kier molecular flexibility index (Phi) is 4.19. The highest BCUT2D eigenvalue weighted by Crippen LogP contribution is 2.34. The molecule has 2 rings (SSSR count). The number of hydrogen-bond acceptors (Lipinski definition) is 4. The van der Waals surface area contributed by atoms with Crippen molar-refractivity contribution in [3.63, 3.8) is 0 Å². The molecule has 0 spiro atoms. The molecule has 0 atom stereocenters. The standard InChI is InChI=1S/C13H10F2N2O2S/c1-16-9-5-10(17(18)19)7-11(6-9)20-13-3-2-8(14)4-12(13)15/h2-7,16H,1H3. The van der Waals surface area contributed by atoms with Gasteiger partial charge in [-0.2, -0.15) is 0 Å². The van der Waals surface area contributed by atoms with E-state index in [0.29, 0.717) is 10.6 Å². The van der Waals surface area contributed by atoms with Crippen molar-refractivity contribution in [2.24, 2.45) is 0 Å². The van der Waals surface area contributed by atoms with Gasteiger partial charge in [0, 0.05) is 40.7 Å². The summed E-state index contributed by atoms with van der Waals surface area (Å²) < 4.78 is 26.4. The average Bonchev–Trinajstić information content (AvgIpc) is 2.41. The summed E-state index contributed by atoms with van der Waals surface area (Å²) >= 11 is 0.998. The quantitative estimate of drug-likeness (QED) is 0.682. The molecule has 0 amide bonds. The van der Waals surface area contributed by atoms with E-state index in [4.69, 9.17) is 0 Å². The van der Waals surface area contributed by atoms with Gasteiger partial charge in [-0.1, -0.05) is 11.8 Å². The molecule has 0 aliphatic carbocycles. The molecule has 0 bridgehead atoms. The molecule has 2 aromatic rings. The summed E-state index contributed by atoms with van der Waals surface area (Å²) in [6, 6.07) is 7.59. The smallest absolute Gasteiger partial charge is 0.272 e. The van der Waals surface area contributed by atoms with Gasteiger partial charge in [0.2, 0.25) is 0 Å². The van der Waals surface area contributed by atoms with E-state index in [1.165, 1.54) is 18.2 Å². The minimum atomic E-state index is -0.701. The average molecular weight is 296 g/mol. The molecule has 2 aromatic carbocycles. The number of non-ortho nitro benzene ring substituents is 1. The van der Waals surface area contributed by atoms with E-state index < -0.39 is 16.6 Å². The summed E-state index contributed by atoms with van der Waals surface area (Å²) in [5.41, 5.74) is 0.450. The third kappa shape index (κ3) is 3.24. The van der Waals surface area contributed by atoms with Gasteiger partial charge in [-0.25, -0.2) is 8.78 Å². The largest absolute Gasteiger partial charge is 0.388 e. The zero-order valence-electron chi connectivity index (χ0n) is 10.4. The first kappa shape index (κ1) is 14.3. The van der Waals surface area contributed by atoms with Crippen molar-refractivity contribution in [3.05, 3.63) is 58.1 Å². The number of halogens is 2. The lowest BCUT2D eigenvalue weighted by Gasteiger charge is -2.06. The Bertz CT molecular complexity index is 665. The second kappa shape index (κ2) is 5.87. The van der Waals surface area contributed by atoms with E-state index in [-0.39, 0.29) is 10.6 Å². The van der Waals surface area contributed by atoms with Gasteiger partial charge in [0.1, 0.15) is 11.6 Å². The van der Waals surface area contributed by atoms with Crippen molar-refractivity contribution in [2.75, 3.05) is 12.4 Å². The molecule has 20 heavy (non-hydrogen) atoms. The van der Waals surface area contributed by atoms with Gasteiger partial charge in [-0.15, -0.1) is 0 Å². The fourth-order valence-corrected chi connectivity index (χ4v) is 2.49. The van der Waals surface area contributed by atoms with E-state index in [1.54, 1.807) is 13.1 Å². The first-order valence-electron chi connectivity index (χ1n) is 5.60. The number of nitrogens with one attached hydrogen (secondary N) is 1. The molecular formula is C13H10F2N2O2S. The van der Waals surface area contributed by atoms with Crippen LogP contribution in [-0.2, 0) is 0 Å². The number of nitro groups is 1. The molecule has 4 nitrogen and oxygen atoms in total. The van der Waals surface area contributed by atoms with Crippen LogP contribution in [0.5, 0.6) is 0 Å². The molecule has 0 saturated carbocycles. The van der Waals surface area contributed by atoms with E-state index in [0.717, 1.165) is 23.9 Å². The van der Waals surface area contributed by atoms with Gasteiger partial charge in [0.15, 0.2) is 0 Å². The Morgan fingerprint density at radius 3 is 2.55 bits per heavy atom. The van der Waals surface area contributed by atoms with Crippen LogP contribution < -0.4 is 5.32 Å². The molecule has 0 radical (unpaired) electrons. The fourth-order valence-electron chi connectivity index (χ4n) is 1.58. The Morgan fingerprint density at radius 2 is 1.95 bits per heavy atom. The van der Waals surface area contributed by atoms with Crippen LogP contribution in [-0.4, -0.2) is 12.0 Å². The van der Waals surface area contributed by atoms with E-state index >= 15 is 0 Å². The number of nitro benzene ring substituents is 1. The lowest BCUT2D eigenvalue weighted by atomic mass is 10.3. The van der Waals surface area contributed by atoms with Gasteiger partial charge in [0.05, 0.1) is 4.92 Å². The third-order valence-electron chi connectivity index (χ3n) is 2.51. The Morgan fingerprint density at radius 1 is 1.20 bits per heavy atom. The topological polar surface area (TPSA) is 55.2 Å². The number of anilines is 1. The van der Waals surface area contributed by atoms with Crippen LogP contribution in [0, 0.1) is 21.7 Å². The number of hydrogen-bond donors (Lipinski definition) is 1. The minimum Gasteiger partial charge on any atom is -0.388 e. The molecule has 0 saturated heterocycles. The highest BCUT2D eigenvalue weighted by atomic mass is 32.2. The second-order valence-electron chi connectivity index (χ2n) is 3.90. The van der Waals surface area contributed by atoms with Crippen molar-refractivity contribution in [1.29, 1.82) is 0 Å². The maximum Gasteiger partial charge on any atom is 0.272 e. The maximum atomic E-state index is 13.6. The summed E-state index contributed by atoms with van der Waals surface area (Å²) in [6.45, 7) is 0. The SMILES string of the molecule is CNc1cc(Sc2ccc(F)cc2F)cc([N+](=O)[O-])c1. The van der Waals surface area contributed by atoms with Crippen LogP contribution in [0.15, 0.2) is 46.2 Å². The molecular weight excluding hydrogens is 286 g/mol. The molecule has 0 aliphatic rings. The van der Waals surface area contributed by atoms with Crippen LogP contribution in [0.1, 0.15) is 0 Å². The molecule has 7 heteroatoms. The van der Waals surface area contributed by atoms with Gasteiger partial charge in [-0.05, 0) is 18.2 Å². The highest BCUT2D eigenvalue weighted by molar-refractivity contribution is 7.99. The molecule has 0 aliphatic heterocycles. The lowest BCUT2D eigenvalue weighted by molar-refractivity contribution is -0.385. The van der Waals surface area contributed by atoms with Crippen molar-refractivity contribution in [1.82, 2.24) is 0 Å². The fraction of sp³-hybridized carbons (Fsp3) is 0.0769. The van der Waals surface area contributed by atoms with Crippen LogP contribution in [0.3, 0.4) is 0 Å². The van der Waals surface area contributed by atoms with Crippen LogP contribution in [0.2, 0.25) is 0 Å². The van der Waals surface area contributed by atoms with E-state index in [2.05, 4.69) is 5.32 Å². The molecule has 0 fully saturated rings. The molecule has 1 N–H and O–H groups in total. The first-order valence-corrected chi connectivity index (χ1v) is 6.41. The maximum absolute atomic E-state index is 13.6. The first-order chi connectivity index (χ1) is 9.49. The zero-order valence-corrected chi connectivity index (χ0v) is 11.2. The second-order valence-corrected chi connectivity index (χ2v) is 5.01. The highest BCUT2D eigenvalue weighted by Gasteiger charge is 2.12. The van der Waals surface area contributed by atoms with Gasteiger partial charge >= 0.3 is 0 Å². The molecule has 0 heterocycles. The Labute approximate surface area is 118 Å². The van der Waals surface area contributed by atoms with Crippen molar-refractivity contribution in [2.45, 2.75) is 9.79 Å². The normalized spacial score (nSPS) is 10.3.